The second-order valence-electron chi connectivity index (χ2n) is 6.46. The number of aromatic amines is 2. The van der Waals surface area contributed by atoms with Gasteiger partial charge in [-0.3, -0.25) is 9.89 Å². The van der Waals surface area contributed by atoms with Crippen molar-refractivity contribution in [3.63, 3.8) is 0 Å². The molecule has 7 heteroatoms. The molecule has 1 amide bonds. The number of fused-ring (bicyclic) bond motifs is 1. The average Bonchev–Trinajstić information content (AvgIpc) is 3.26. The number of nitrogens with one attached hydrogen (secondary N) is 3. The van der Waals surface area contributed by atoms with Crippen LogP contribution in [0.25, 0.3) is 11.2 Å². The van der Waals surface area contributed by atoms with Crippen molar-refractivity contribution in [2.75, 3.05) is 5.32 Å². The first-order valence-electron chi connectivity index (χ1n) is 8.69. The fourth-order valence-electron chi connectivity index (χ4n) is 3.25. The Hall–Kier alpha value is -2.83. The van der Waals surface area contributed by atoms with E-state index in [2.05, 4.69) is 25.5 Å². The Kier molecular flexibility index (Phi) is 4.37. The molecule has 2 heterocycles. The summed E-state index contributed by atoms with van der Waals surface area (Å²) in [5, 5.41) is 9.90. The molecule has 3 aromatic rings. The normalized spacial score (nSPS) is 15.4. The van der Waals surface area contributed by atoms with Gasteiger partial charge in [0.1, 0.15) is 12.1 Å². The molecular weight excluding hydrogens is 318 g/mol. The maximum absolute atomic E-state index is 12.3. The summed E-state index contributed by atoms with van der Waals surface area (Å²) in [5.74, 6) is 0.803. The number of imidazole rings is 1. The van der Waals surface area contributed by atoms with Crippen molar-refractivity contribution in [3.8, 4) is 5.88 Å². The highest BCUT2D eigenvalue weighted by molar-refractivity contribution is 5.92. The first kappa shape index (κ1) is 15.7. The summed E-state index contributed by atoms with van der Waals surface area (Å²) in [6.07, 6.45) is 7.17. The van der Waals surface area contributed by atoms with Gasteiger partial charge >= 0.3 is 0 Å². The van der Waals surface area contributed by atoms with Crippen LogP contribution in [0, 0.1) is 5.92 Å². The molecule has 130 valence electrons. The zero-order chi connectivity index (χ0) is 17.1. The summed E-state index contributed by atoms with van der Waals surface area (Å²) in [6.45, 7) is 0.399. The molecule has 4 rings (SSSR count). The SMILES string of the molecule is O=C(Nc1ccc(COc2n[nH]c3nc[nH]c23)cc1)C1CCCCC1. The molecule has 0 radical (unpaired) electrons. The van der Waals surface area contributed by atoms with E-state index in [1.165, 1.54) is 6.42 Å². The number of hydrogen-bond donors (Lipinski definition) is 3. The molecule has 1 aliphatic rings. The van der Waals surface area contributed by atoms with Crippen LogP contribution in [0.1, 0.15) is 37.7 Å². The number of benzene rings is 1. The van der Waals surface area contributed by atoms with Crippen molar-refractivity contribution >= 4 is 22.8 Å². The number of ether oxygens (including phenoxy) is 1. The minimum absolute atomic E-state index is 0.141. The largest absolute Gasteiger partial charge is 0.470 e. The van der Waals surface area contributed by atoms with Gasteiger partial charge in [0.25, 0.3) is 5.88 Å². The molecule has 0 unspecified atom stereocenters. The summed E-state index contributed by atoms with van der Waals surface area (Å²) in [6, 6.07) is 7.73. The maximum atomic E-state index is 12.3. The van der Waals surface area contributed by atoms with Gasteiger partial charge in [-0.1, -0.05) is 31.4 Å². The van der Waals surface area contributed by atoms with Gasteiger partial charge in [0.2, 0.25) is 5.91 Å². The van der Waals surface area contributed by atoms with Crippen LogP contribution in [0.15, 0.2) is 30.6 Å². The Bertz CT molecular complexity index is 846. The van der Waals surface area contributed by atoms with Crippen LogP contribution in [0.3, 0.4) is 0 Å². The van der Waals surface area contributed by atoms with Crippen LogP contribution in [-0.4, -0.2) is 26.1 Å². The molecule has 1 fully saturated rings. The average molecular weight is 339 g/mol. The van der Waals surface area contributed by atoms with Gasteiger partial charge in [-0.25, -0.2) is 4.98 Å². The predicted molar refractivity (Wildman–Crippen MR) is 94.2 cm³/mol. The Balaban J connectivity index is 1.33. The standard InChI is InChI=1S/C18H21N5O2/c24-17(13-4-2-1-3-5-13)21-14-8-6-12(7-9-14)10-25-18-15-16(22-23-18)20-11-19-15/h6-9,11,13H,1-5,10H2,(H,21,24)(H2,19,20,22,23). The fraction of sp³-hybridized carbons (Fsp3) is 0.389. The lowest BCUT2D eigenvalue weighted by Gasteiger charge is -2.20. The van der Waals surface area contributed by atoms with Gasteiger partial charge < -0.3 is 15.0 Å². The van der Waals surface area contributed by atoms with Crippen LogP contribution in [0.2, 0.25) is 0 Å². The van der Waals surface area contributed by atoms with Crippen LogP contribution in [0.5, 0.6) is 5.88 Å². The first-order valence-corrected chi connectivity index (χ1v) is 8.69. The van der Waals surface area contributed by atoms with E-state index >= 15 is 0 Å². The number of H-pyrrole nitrogens is 2. The number of amides is 1. The minimum atomic E-state index is 0.141. The van der Waals surface area contributed by atoms with Crippen LogP contribution in [0.4, 0.5) is 5.69 Å². The van der Waals surface area contributed by atoms with Crippen molar-refractivity contribution in [1.29, 1.82) is 0 Å². The van der Waals surface area contributed by atoms with Crippen molar-refractivity contribution < 1.29 is 9.53 Å². The number of carbonyl (C=O) groups excluding carboxylic acids is 1. The van der Waals surface area contributed by atoms with Gasteiger partial charge in [-0.15, -0.1) is 5.10 Å². The summed E-state index contributed by atoms with van der Waals surface area (Å²) in [5.41, 5.74) is 3.27. The molecule has 1 saturated carbocycles. The Morgan fingerprint density at radius 1 is 1.20 bits per heavy atom. The summed E-state index contributed by atoms with van der Waals surface area (Å²) >= 11 is 0. The maximum Gasteiger partial charge on any atom is 0.259 e. The van der Waals surface area contributed by atoms with Crippen LogP contribution < -0.4 is 10.1 Å². The van der Waals surface area contributed by atoms with Gasteiger partial charge in [0, 0.05) is 11.6 Å². The third kappa shape index (κ3) is 3.50. The second kappa shape index (κ2) is 6.96. The highest BCUT2D eigenvalue weighted by atomic mass is 16.5. The zero-order valence-corrected chi connectivity index (χ0v) is 13.9. The first-order chi connectivity index (χ1) is 12.3. The molecule has 0 saturated heterocycles. The van der Waals surface area contributed by atoms with Crippen molar-refractivity contribution in [1.82, 2.24) is 20.2 Å². The molecule has 0 spiro atoms. The number of hydrogen-bond acceptors (Lipinski definition) is 4. The van der Waals surface area contributed by atoms with Gasteiger partial charge in [-0.05, 0) is 30.5 Å². The predicted octanol–water partition coefficient (Wildman–Crippen LogP) is 3.38. The van der Waals surface area contributed by atoms with E-state index in [1.54, 1.807) is 6.33 Å². The second-order valence-corrected chi connectivity index (χ2v) is 6.46. The smallest absolute Gasteiger partial charge is 0.259 e. The molecule has 0 aliphatic heterocycles. The zero-order valence-electron chi connectivity index (χ0n) is 13.9. The van der Waals surface area contributed by atoms with Crippen molar-refractivity contribution in [3.05, 3.63) is 36.2 Å². The quantitative estimate of drug-likeness (QED) is 0.664. The third-order valence-electron chi connectivity index (χ3n) is 4.69. The number of carbonyl (C=O) groups is 1. The Labute approximate surface area is 145 Å². The number of rotatable bonds is 5. The monoisotopic (exact) mass is 339 g/mol. The van der Waals surface area contributed by atoms with E-state index in [-0.39, 0.29) is 11.8 Å². The number of nitrogens with zero attached hydrogens (tertiary/aromatic N) is 2. The van der Waals surface area contributed by atoms with Crippen LogP contribution >= 0.6 is 0 Å². The molecular formula is C18H21N5O2. The Morgan fingerprint density at radius 3 is 2.80 bits per heavy atom. The molecule has 1 aromatic carbocycles. The molecule has 3 N–H and O–H groups in total. The lowest BCUT2D eigenvalue weighted by atomic mass is 9.88. The van der Waals surface area contributed by atoms with Crippen LogP contribution in [-0.2, 0) is 11.4 Å². The molecule has 0 bridgehead atoms. The summed E-state index contributed by atoms with van der Waals surface area (Å²) in [7, 11) is 0. The third-order valence-corrected chi connectivity index (χ3v) is 4.69. The van der Waals surface area contributed by atoms with E-state index in [4.69, 9.17) is 4.74 Å². The summed E-state index contributed by atoms with van der Waals surface area (Å²) < 4.78 is 5.72. The van der Waals surface area contributed by atoms with Gasteiger partial charge in [0.05, 0.1) is 6.33 Å². The van der Waals surface area contributed by atoms with Crippen molar-refractivity contribution in [2.45, 2.75) is 38.7 Å². The van der Waals surface area contributed by atoms with Gasteiger partial charge in [0.15, 0.2) is 5.65 Å². The summed E-state index contributed by atoms with van der Waals surface area (Å²) in [4.78, 5) is 19.3. The lowest BCUT2D eigenvalue weighted by molar-refractivity contribution is -0.120. The molecule has 2 aromatic heterocycles. The van der Waals surface area contributed by atoms with Gasteiger partial charge in [-0.2, -0.15) is 0 Å². The Morgan fingerprint density at radius 2 is 2.00 bits per heavy atom. The molecule has 7 nitrogen and oxygen atoms in total. The topological polar surface area (TPSA) is 95.7 Å². The molecule has 0 atom stereocenters. The van der Waals surface area contributed by atoms with Crippen molar-refractivity contribution in [2.24, 2.45) is 5.92 Å². The molecule has 25 heavy (non-hydrogen) atoms. The van der Waals surface area contributed by atoms with E-state index in [0.717, 1.165) is 42.5 Å². The minimum Gasteiger partial charge on any atom is -0.470 e. The highest BCUT2D eigenvalue weighted by Crippen LogP contribution is 2.25. The lowest BCUT2D eigenvalue weighted by Crippen LogP contribution is -2.24. The van der Waals surface area contributed by atoms with E-state index in [9.17, 15) is 4.79 Å². The van der Waals surface area contributed by atoms with E-state index in [1.807, 2.05) is 24.3 Å². The fourth-order valence-corrected chi connectivity index (χ4v) is 3.25. The number of aromatic nitrogens is 4. The number of anilines is 1. The van der Waals surface area contributed by atoms with E-state index < -0.39 is 0 Å². The van der Waals surface area contributed by atoms with E-state index in [0.29, 0.717) is 18.1 Å². The molecule has 1 aliphatic carbocycles. The highest BCUT2D eigenvalue weighted by Gasteiger charge is 2.20.